The van der Waals surface area contributed by atoms with Crippen molar-refractivity contribution in [2.75, 3.05) is 7.05 Å². The van der Waals surface area contributed by atoms with Crippen LogP contribution in [0.3, 0.4) is 0 Å². The third kappa shape index (κ3) is 6.34. The highest BCUT2D eigenvalue weighted by atomic mass is 32.1. The molecule has 1 aromatic heterocycles. The molecule has 8 heteroatoms. The van der Waals surface area contributed by atoms with E-state index in [0.717, 1.165) is 42.5 Å². The Bertz CT molecular complexity index is 1030. The minimum atomic E-state index is -0.250. The number of hydrogen-bond donors (Lipinski definition) is 4. The maximum atomic E-state index is 11.5. The van der Waals surface area contributed by atoms with Crippen LogP contribution in [0.15, 0.2) is 42.5 Å². The van der Waals surface area contributed by atoms with E-state index < -0.39 is 0 Å². The highest BCUT2D eigenvalue weighted by Crippen LogP contribution is 2.37. The number of fused-ring (bicyclic) bond motifs is 1. The van der Waals surface area contributed by atoms with Crippen LogP contribution in [0.5, 0.6) is 0 Å². The standard InChI is InChI=1S/C22H25N3O.CH5NS.CH2O2/c1-14-24-20-13-18(10-11-21(20)25(14)2)16-8-6-15(7-9-16)17-4-3-5-19(12-17)22(23)26;1-2-3;2-1-3/h6-11,13,17,19H,3-5,12H2,1-2H3,(H2,23,26);2-3H,1H3;1H,(H,2,3). The third-order valence-corrected chi connectivity index (χ3v) is 5.90. The molecule has 172 valence electrons. The normalized spacial score (nSPS) is 17.5. The van der Waals surface area contributed by atoms with Crippen LogP contribution in [0.4, 0.5) is 0 Å². The van der Waals surface area contributed by atoms with Crippen molar-refractivity contribution in [2.45, 2.75) is 38.5 Å². The van der Waals surface area contributed by atoms with Crippen molar-refractivity contribution in [2.24, 2.45) is 18.7 Å². The van der Waals surface area contributed by atoms with Gasteiger partial charge >= 0.3 is 0 Å². The fraction of sp³-hybridized carbons (Fsp3) is 0.375. The molecule has 0 radical (unpaired) electrons. The minimum absolute atomic E-state index is 0.0308. The number of aryl methyl sites for hydroxylation is 2. The summed E-state index contributed by atoms with van der Waals surface area (Å²) in [6.45, 7) is 1.78. The molecule has 0 spiro atoms. The van der Waals surface area contributed by atoms with Crippen LogP contribution in [0.2, 0.25) is 0 Å². The van der Waals surface area contributed by atoms with E-state index in [1.807, 2.05) is 14.0 Å². The Morgan fingerprint density at radius 2 is 1.81 bits per heavy atom. The van der Waals surface area contributed by atoms with Gasteiger partial charge in [-0.25, -0.2) is 4.98 Å². The van der Waals surface area contributed by atoms with E-state index in [9.17, 15) is 4.79 Å². The molecule has 1 fully saturated rings. The van der Waals surface area contributed by atoms with Gasteiger partial charge in [0, 0.05) is 13.0 Å². The molecule has 7 nitrogen and oxygen atoms in total. The van der Waals surface area contributed by atoms with Crippen LogP contribution in [0.25, 0.3) is 22.2 Å². The van der Waals surface area contributed by atoms with Gasteiger partial charge in [0.15, 0.2) is 0 Å². The van der Waals surface area contributed by atoms with Crippen LogP contribution < -0.4 is 10.5 Å². The van der Waals surface area contributed by atoms with Gasteiger partial charge < -0.3 is 15.4 Å². The molecule has 2 aromatic carbocycles. The van der Waals surface area contributed by atoms with E-state index in [4.69, 9.17) is 15.6 Å². The predicted octanol–water partition coefficient (Wildman–Crippen LogP) is 4.06. The van der Waals surface area contributed by atoms with Crippen molar-refractivity contribution in [3.05, 3.63) is 53.9 Å². The van der Waals surface area contributed by atoms with E-state index in [1.54, 1.807) is 7.05 Å². The summed E-state index contributed by atoms with van der Waals surface area (Å²) in [5.41, 5.74) is 11.4. The largest absolute Gasteiger partial charge is 0.483 e. The topological polar surface area (TPSA) is 110 Å². The van der Waals surface area contributed by atoms with Crippen LogP contribution in [-0.4, -0.2) is 34.1 Å². The number of rotatable bonds is 3. The summed E-state index contributed by atoms with van der Waals surface area (Å²) in [6.07, 6.45) is 4.04. The average Bonchev–Trinajstić information content (AvgIpc) is 3.08. The Morgan fingerprint density at radius 1 is 1.22 bits per heavy atom. The van der Waals surface area contributed by atoms with E-state index >= 15 is 0 Å². The Morgan fingerprint density at radius 3 is 2.41 bits per heavy atom. The molecule has 0 bridgehead atoms. The van der Waals surface area contributed by atoms with Crippen molar-refractivity contribution in [3.63, 3.8) is 0 Å². The molecule has 32 heavy (non-hydrogen) atoms. The lowest BCUT2D eigenvalue weighted by Crippen LogP contribution is -2.27. The first kappa shape index (κ1) is 25.4. The van der Waals surface area contributed by atoms with E-state index in [0.29, 0.717) is 5.92 Å². The lowest BCUT2D eigenvalue weighted by atomic mass is 9.77. The van der Waals surface area contributed by atoms with E-state index in [1.165, 1.54) is 16.7 Å². The van der Waals surface area contributed by atoms with Crippen LogP contribution in [0.1, 0.15) is 43.0 Å². The first-order valence-corrected chi connectivity index (χ1v) is 11.0. The average molecular weight is 457 g/mol. The van der Waals surface area contributed by atoms with Crippen molar-refractivity contribution >= 4 is 36.2 Å². The van der Waals surface area contributed by atoms with Gasteiger partial charge in [0.1, 0.15) is 5.82 Å². The quantitative estimate of drug-likeness (QED) is 0.351. The summed E-state index contributed by atoms with van der Waals surface area (Å²) >= 11 is 3.54. The molecule has 1 saturated carbocycles. The van der Waals surface area contributed by atoms with Gasteiger partial charge in [-0.05, 0) is 68.0 Å². The Hall–Kier alpha value is -2.84. The number of carbonyl (C=O) groups is 2. The number of nitrogens with one attached hydrogen (secondary N) is 1. The maximum absolute atomic E-state index is 11.5. The van der Waals surface area contributed by atoms with Crippen LogP contribution >= 0.6 is 12.8 Å². The predicted molar refractivity (Wildman–Crippen MR) is 132 cm³/mol. The molecule has 1 aliphatic rings. The smallest absolute Gasteiger partial charge is 0.290 e. The minimum Gasteiger partial charge on any atom is -0.483 e. The number of amides is 1. The molecule has 2 atom stereocenters. The van der Waals surface area contributed by atoms with Gasteiger partial charge in [0.05, 0.1) is 11.0 Å². The summed E-state index contributed by atoms with van der Waals surface area (Å²) in [5, 5.41) is 6.89. The lowest BCUT2D eigenvalue weighted by molar-refractivity contribution is -0.123. The Kier molecular flexibility index (Phi) is 9.74. The molecule has 1 amide bonds. The summed E-state index contributed by atoms with van der Waals surface area (Å²) < 4.78 is 4.56. The number of carbonyl (C=O) groups excluding carboxylic acids is 1. The second-order valence-corrected chi connectivity index (χ2v) is 8.28. The first-order chi connectivity index (χ1) is 15.4. The Balaban J connectivity index is 0.000000547. The molecule has 3 aromatic rings. The number of nitrogens with zero attached hydrogens (tertiary/aromatic N) is 2. The molecular weight excluding hydrogens is 424 g/mol. The molecule has 4 rings (SSSR count). The summed E-state index contributed by atoms with van der Waals surface area (Å²) in [5.74, 6) is 1.35. The van der Waals surface area contributed by atoms with Crippen molar-refractivity contribution < 1.29 is 14.7 Å². The van der Waals surface area contributed by atoms with Gasteiger partial charge in [0.2, 0.25) is 5.91 Å². The number of primary amides is 1. The second-order valence-electron chi connectivity index (χ2n) is 7.84. The fourth-order valence-electron chi connectivity index (χ4n) is 4.20. The molecular formula is C24H32N4O3S. The third-order valence-electron chi connectivity index (χ3n) is 5.90. The molecule has 1 heterocycles. The monoisotopic (exact) mass is 456 g/mol. The number of aromatic nitrogens is 2. The van der Waals surface area contributed by atoms with Gasteiger partial charge in [-0.3, -0.25) is 14.3 Å². The molecule has 0 saturated heterocycles. The van der Waals surface area contributed by atoms with Crippen LogP contribution in [0, 0.1) is 12.8 Å². The van der Waals surface area contributed by atoms with Gasteiger partial charge in [-0.1, -0.05) is 49.6 Å². The molecule has 4 N–H and O–H groups in total. The number of nitrogens with two attached hydrogens (primary N) is 1. The second kappa shape index (κ2) is 12.3. The number of carboxylic acid groups (broad SMARTS) is 1. The first-order valence-electron chi connectivity index (χ1n) is 10.6. The van der Waals surface area contributed by atoms with Crippen molar-refractivity contribution in [1.29, 1.82) is 0 Å². The molecule has 1 aliphatic carbocycles. The van der Waals surface area contributed by atoms with Crippen molar-refractivity contribution in [3.8, 4) is 11.1 Å². The number of benzene rings is 2. The van der Waals surface area contributed by atoms with Gasteiger partial charge in [-0.2, -0.15) is 0 Å². The zero-order valence-electron chi connectivity index (χ0n) is 18.8. The number of imidazole rings is 1. The maximum Gasteiger partial charge on any atom is 0.290 e. The number of thiol groups is 1. The highest BCUT2D eigenvalue weighted by molar-refractivity contribution is 7.78. The SMILES string of the molecule is CNS.Cc1nc2cc(-c3ccc(C4CCCC(C(N)=O)C4)cc3)ccc2n1C.O=CO. The van der Waals surface area contributed by atoms with Crippen molar-refractivity contribution in [1.82, 2.24) is 14.3 Å². The Labute approximate surface area is 194 Å². The zero-order valence-corrected chi connectivity index (χ0v) is 19.7. The highest BCUT2D eigenvalue weighted by Gasteiger charge is 2.26. The van der Waals surface area contributed by atoms with E-state index in [2.05, 4.69) is 69.6 Å². The van der Waals surface area contributed by atoms with Gasteiger partial charge in [-0.15, -0.1) is 0 Å². The molecule has 0 aliphatic heterocycles. The summed E-state index contributed by atoms with van der Waals surface area (Å²) in [7, 11) is 3.78. The van der Waals surface area contributed by atoms with Gasteiger partial charge in [0.25, 0.3) is 6.47 Å². The molecule has 2 unspecified atom stereocenters. The zero-order chi connectivity index (χ0) is 23.7. The lowest BCUT2D eigenvalue weighted by Gasteiger charge is -2.27. The van der Waals surface area contributed by atoms with E-state index in [-0.39, 0.29) is 18.3 Å². The summed E-state index contributed by atoms with van der Waals surface area (Å²) in [6, 6.07) is 15.2. The van der Waals surface area contributed by atoms with Crippen LogP contribution in [-0.2, 0) is 16.6 Å². The number of hydrogen-bond acceptors (Lipinski definition) is 5. The summed E-state index contributed by atoms with van der Waals surface area (Å²) in [4.78, 5) is 24.5. The fourth-order valence-corrected chi connectivity index (χ4v) is 4.20.